The summed E-state index contributed by atoms with van der Waals surface area (Å²) in [6, 6.07) is 2.49. The molecule has 0 aliphatic carbocycles. The van der Waals surface area contributed by atoms with Crippen LogP contribution in [0.1, 0.15) is 24.8 Å². The Hall–Kier alpha value is -1.07. The molecule has 0 spiro atoms. The van der Waals surface area contributed by atoms with Gasteiger partial charge in [-0.05, 0) is 35.7 Å². The highest BCUT2D eigenvalue weighted by molar-refractivity contribution is 7.07. The van der Waals surface area contributed by atoms with Gasteiger partial charge < -0.3 is 15.0 Å². The number of thiophene rings is 1. The van der Waals surface area contributed by atoms with Crippen LogP contribution in [0.25, 0.3) is 0 Å². The zero-order valence-electron chi connectivity index (χ0n) is 10.9. The SMILES string of the molecule is COCCNC(=O)N1C[C@@H](c2ccsc2)C[C@@H]1C. The molecule has 5 heteroatoms. The first-order valence-electron chi connectivity index (χ1n) is 6.28. The predicted octanol–water partition coefficient (Wildman–Crippen LogP) is 2.28. The van der Waals surface area contributed by atoms with Crippen LogP contribution in [0.5, 0.6) is 0 Å². The molecule has 100 valence electrons. The van der Waals surface area contributed by atoms with E-state index in [-0.39, 0.29) is 6.03 Å². The van der Waals surface area contributed by atoms with Crippen molar-refractivity contribution in [2.24, 2.45) is 0 Å². The number of rotatable bonds is 4. The number of likely N-dealkylation sites (tertiary alicyclic amines) is 1. The molecule has 0 saturated carbocycles. The van der Waals surface area contributed by atoms with Gasteiger partial charge in [0.1, 0.15) is 0 Å². The highest BCUT2D eigenvalue weighted by Crippen LogP contribution is 2.32. The molecule has 1 aliphatic rings. The Morgan fingerprint density at radius 1 is 1.67 bits per heavy atom. The van der Waals surface area contributed by atoms with Crippen LogP contribution in [0.4, 0.5) is 4.79 Å². The van der Waals surface area contributed by atoms with Crippen molar-refractivity contribution in [3.8, 4) is 0 Å². The van der Waals surface area contributed by atoms with Gasteiger partial charge in [0.25, 0.3) is 0 Å². The highest BCUT2D eigenvalue weighted by atomic mass is 32.1. The number of nitrogens with zero attached hydrogens (tertiary/aromatic N) is 1. The highest BCUT2D eigenvalue weighted by Gasteiger charge is 2.33. The van der Waals surface area contributed by atoms with Crippen molar-refractivity contribution < 1.29 is 9.53 Å². The monoisotopic (exact) mass is 268 g/mol. The van der Waals surface area contributed by atoms with Crippen molar-refractivity contribution in [2.45, 2.75) is 25.3 Å². The third-order valence-corrected chi connectivity index (χ3v) is 4.13. The number of ether oxygens (including phenoxy) is 1. The van der Waals surface area contributed by atoms with E-state index in [1.165, 1.54) is 5.56 Å². The van der Waals surface area contributed by atoms with Crippen LogP contribution in [0, 0.1) is 0 Å². The molecule has 1 saturated heterocycles. The summed E-state index contributed by atoms with van der Waals surface area (Å²) in [6.07, 6.45) is 1.05. The molecule has 0 unspecified atom stereocenters. The van der Waals surface area contributed by atoms with Gasteiger partial charge >= 0.3 is 6.03 Å². The largest absolute Gasteiger partial charge is 0.383 e. The molecule has 1 N–H and O–H groups in total. The summed E-state index contributed by atoms with van der Waals surface area (Å²) in [5.74, 6) is 0.486. The minimum absolute atomic E-state index is 0.0253. The number of hydrogen-bond acceptors (Lipinski definition) is 3. The van der Waals surface area contributed by atoms with Crippen molar-refractivity contribution in [2.75, 3.05) is 26.8 Å². The fraction of sp³-hybridized carbons (Fsp3) is 0.615. The average Bonchev–Trinajstić information content (AvgIpc) is 2.97. The fourth-order valence-corrected chi connectivity index (χ4v) is 3.17. The first-order valence-corrected chi connectivity index (χ1v) is 7.22. The van der Waals surface area contributed by atoms with Crippen molar-refractivity contribution in [3.05, 3.63) is 22.4 Å². The second-order valence-electron chi connectivity index (χ2n) is 4.72. The molecular weight excluding hydrogens is 248 g/mol. The third-order valence-electron chi connectivity index (χ3n) is 3.43. The Morgan fingerprint density at radius 2 is 2.50 bits per heavy atom. The Morgan fingerprint density at radius 3 is 3.17 bits per heavy atom. The third kappa shape index (κ3) is 3.03. The van der Waals surface area contributed by atoms with E-state index in [2.05, 4.69) is 29.1 Å². The van der Waals surface area contributed by atoms with Gasteiger partial charge in [-0.15, -0.1) is 0 Å². The van der Waals surface area contributed by atoms with Gasteiger partial charge in [-0.25, -0.2) is 4.79 Å². The summed E-state index contributed by atoms with van der Waals surface area (Å²) in [5, 5.41) is 7.17. The molecule has 1 aromatic heterocycles. The number of nitrogens with one attached hydrogen (secondary N) is 1. The topological polar surface area (TPSA) is 41.6 Å². The molecule has 1 aliphatic heterocycles. The van der Waals surface area contributed by atoms with Crippen LogP contribution >= 0.6 is 11.3 Å². The van der Waals surface area contributed by atoms with E-state index in [1.54, 1.807) is 18.4 Å². The maximum absolute atomic E-state index is 12.0. The molecular formula is C13H20N2O2S. The molecule has 2 rings (SSSR count). The lowest BCUT2D eigenvalue weighted by atomic mass is 10.00. The summed E-state index contributed by atoms with van der Waals surface area (Å²) < 4.78 is 4.93. The van der Waals surface area contributed by atoms with Crippen LogP contribution in [-0.2, 0) is 4.74 Å². The number of carbonyl (C=O) groups is 1. The molecule has 4 nitrogen and oxygen atoms in total. The lowest BCUT2D eigenvalue weighted by Crippen LogP contribution is -2.42. The van der Waals surface area contributed by atoms with Crippen molar-refractivity contribution in [1.29, 1.82) is 0 Å². The van der Waals surface area contributed by atoms with Crippen LogP contribution in [0.2, 0.25) is 0 Å². The molecule has 1 aromatic rings. The van der Waals surface area contributed by atoms with Gasteiger partial charge in [0.05, 0.1) is 6.61 Å². The molecule has 2 heterocycles. The van der Waals surface area contributed by atoms with E-state index in [4.69, 9.17) is 4.74 Å². The first-order chi connectivity index (χ1) is 8.72. The Bertz CT molecular complexity index is 380. The van der Waals surface area contributed by atoms with E-state index in [0.29, 0.717) is 25.1 Å². The molecule has 2 atom stereocenters. The lowest BCUT2D eigenvalue weighted by molar-refractivity contribution is 0.178. The van der Waals surface area contributed by atoms with Gasteiger partial charge in [-0.1, -0.05) is 0 Å². The summed E-state index contributed by atoms with van der Waals surface area (Å²) in [5.41, 5.74) is 1.36. The van der Waals surface area contributed by atoms with Gasteiger partial charge in [-0.3, -0.25) is 0 Å². The molecule has 1 fully saturated rings. The second-order valence-corrected chi connectivity index (χ2v) is 5.50. The average molecular weight is 268 g/mol. The fourth-order valence-electron chi connectivity index (χ4n) is 2.42. The van der Waals surface area contributed by atoms with Gasteiger partial charge in [-0.2, -0.15) is 11.3 Å². The number of urea groups is 1. The maximum atomic E-state index is 12.0. The summed E-state index contributed by atoms with van der Waals surface area (Å²) in [6.45, 7) is 4.06. The summed E-state index contributed by atoms with van der Waals surface area (Å²) in [4.78, 5) is 13.9. The van der Waals surface area contributed by atoms with Crippen LogP contribution < -0.4 is 5.32 Å². The van der Waals surface area contributed by atoms with E-state index in [1.807, 2.05) is 4.90 Å². The van der Waals surface area contributed by atoms with Crippen LogP contribution in [0.15, 0.2) is 16.8 Å². The number of amides is 2. The van der Waals surface area contributed by atoms with E-state index < -0.39 is 0 Å². The first kappa shape index (κ1) is 13.4. The smallest absolute Gasteiger partial charge is 0.317 e. The van der Waals surface area contributed by atoms with Crippen molar-refractivity contribution >= 4 is 17.4 Å². The summed E-state index contributed by atoms with van der Waals surface area (Å²) >= 11 is 1.72. The quantitative estimate of drug-likeness (QED) is 0.851. The zero-order chi connectivity index (χ0) is 13.0. The molecule has 0 bridgehead atoms. The minimum Gasteiger partial charge on any atom is -0.383 e. The maximum Gasteiger partial charge on any atom is 0.317 e. The van der Waals surface area contributed by atoms with Gasteiger partial charge in [0.2, 0.25) is 0 Å². The standard InChI is InChI=1S/C13H20N2O2S/c1-10-7-12(11-3-6-18-9-11)8-15(10)13(16)14-4-5-17-2/h3,6,9-10,12H,4-5,7-8H2,1-2H3,(H,14,16)/t10-,12-/m0/s1. The molecule has 0 radical (unpaired) electrons. The zero-order valence-corrected chi connectivity index (χ0v) is 11.7. The minimum atomic E-state index is 0.0253. The Kier molecular flexibility index (Phi) is 4.60. The van der Waals surface area contributed by atoms with Gasteiger partial charge in [0.15, 0.2) is 0 Å². The van der Waals surface area contributed by atoms with E-state index in [0.717, 1.165) is 13.0 Å². The number of hydrogen-bond donors (Lipinski definition) is 1. The van der Waals surface area contributed by atoms with E-state index in [9.17, 15) is 4.79 Å². The van der Waals surface area contributed by atoms with Crippen molar-refractivity contribution in [3.63, 3.8) is 0 Å². The molecule has 0 aromatic carbocycles. The van der Waals surface area contributed by atoms with Crippen molar-refractivity contribution in [1.82, 2.24) is 10.2 Å². The molecule has 18 heavy (non-hydrogen) atoms. The predicted molar refractivity (Wildman–Crippen MR) is 73.1 cm³/mol. The molecule has 2 amide bonds. The summed E-state index contributed by atoms with van der Waals surface area (Å²) in [7, 11) is 1.64. The Balaban J connectivity index is 1.88. The number of carbonyl (C=O) groups excluding carboxylic acids is 1. The Labute approximate surface area is 112 Å². The number of methoxy groups -OCH3 is 1. The normalized spacial score (nSPS) is 23.3. The van der Waals surface area contributed by atoms with E-state index >= 15 is 0 Å². The lowest BCUT2D eigenvalue weighted by Gasteiger charge is -2.21. The van der Waals surface area contributed by atoms with Crippen LogP contribution in [0.3, 0.4) is 0 Å². The van der Waals surface area contributed by atoms with Crippen LogP contribution in [-0.4, -0.2) is 43.8 Å². The second kappa shape index (κ2) is 6.20. The van der Waals surface area contributed by atoms with Gasteiger partial charge in [0, 0.05) is 32.2 Å².